The molecule has 1 saturated heterocycles. The minimum absolute atomic E-state index is 0.0124. The summed E-state index contributed by atoms with van der Waals surface area (Å²) < 4.78 is 29.7. The second-order valence-electron chi connectivity index (χ2n) is 13.1. The maximum absolute atomic E-state index is 13.5. The zero-order valence-corrected chi connectivity index (χ0v) is 28.9. The van der Waals surface area contributed by atoms with E-state index in [9.17, 15) is 28.2 Å². The van der Waals surface area contributed by atoms with Crippen LogP contribution in [0.1, 0.15) is 68.8 Å². The van der Waals surface area contributed by atoms with Crippen molar-refractivity contribution in [2.45, 2.75) is 88.4 Å². The van der Waals surface area contributed by atoms with E-state index >= 15 is 0 Å². The lowest BCUT2D eigenvalue weighted by atomic mass is 9.72. The Morgan fingerprint density at radius 2 is 1.70 bits per heavy atom. The molecule has 5 atom stereocenters. The Bertz CT molecular complexity index is 1400. The topological polar surface area (TPSA) is 166 Å². The largest absolute Gasteiger partial charge is 0.508 e. The SMILES string of the molecule is COS(=O)(=O)O.Cc1c(O)cccc1C(=O)N[C@@H](CSc1ccccc1)[C@H](O)CN1C[C@H]2CCCC[C@H]2C[C@H]1C(=O)NC(C)(C)C. The molecular formula is C33H49N3O8S2. The summed E-state index contributed by atoms with van der Waals surface area (Å²) in [5, 5.41) is 28.0. The lowest BCUT2D eigenvalue weighted by molar-refractivity contribution is -0.132. The van der Waals surface area contributed by atoms with E-state index in [1.165, 1.54) is 12.8 Å². The zero-order chi connectivity index (χ0) is 34.1. The first kappa shape index (κ1) is 37.8. The molecule has 1 aliphatic heterocycles. The van der Waals surface area contributed by atoms with Crippen LogP contribution in [0, 0.1) is 18.8 Å². The number of aliphatic hydroxyl groups is 1. The quantitative estimate of drug-likeness (QED) is 0.182. The predicted octanol–water partition coefficient (Wildman–Crippen LogP) is 4.18. The lowest BCUT2D eigenvalue weighted by Crippen LogP contribution is -2.60. The third kappa shape index (κ3) is 11.8. The Balaban J connectivity index is 0.000000875. The molecule has 0 bridgehead atoms. The summed E-state index contributed by atoms with van der Waals surface area (Å²) in [6.07, 6.45) is 4.67. The van der Waals surface area contributed by atoms with Gasteiger partial charge in [0.25, 0.3) is 5.91 Å². The second kappa shape index (κ2) is 16.9. The van der Waals surface area contributed by atoms with Gasteiger partial charge in [0.2, 0.25) is 5.91 Å². The highest BCUT2D eigenvalue weighted by molar-refractivity contribution is 7.99. The summed E-state index contributed by atoms with van der Waals surface area (Å²) in [6.45, 7) is 8.76. The van der Waals surface area contributed by atoms with Crippen molar-refractivity contribution in [2.75, 3.05) is 26.0 Å². The average Bonchev–Trinajstić information content (AvgIpc) is 2.99. The number of carbonyl (C=O) groups excluding carboxylic acids is 2. The predicted molar refractivity (Wildman–Crippen MR) is 179 cm³/mol. The highest BCUT2D eigenvalue weighted by atomic mass is 32.3. The number of hydrogen-bond acceptors (Lipinski definition) is 9. The van der Waals surface area contributed by atoms with Gasteiger partial charge >= 0.3 is 10.4 Å². The first-order valence-corrected chi connectivity index (χ1v) is 18.0. The van der Waals surface area contributed by atoms with E-state index in [-0.39, 0.29) is 29.1 Å². The molecule has 0 aromatic heterocycles. The third-order valence-corrected chi connectivity index (χ3v) is 9.99. The Hall–Kier alpha value is -2.68. The maximum Gasteiger partial charge on any atom is 0.397 e. The van der Waals surface area contributed by atoms with Gasteiger partial charge in [-0.1, -0.05) is 43.5 Å². The van der Waals surface area contributed by atoms with Crippen LogP contribution in [0.2, 0.25) is 0 Å². The van der Waals surface area contributed by atoms with E-state index in [0.29, 0.717) is 35.3 Å². The molecule has 0 radical (unpaired) electrons. The molecule has 0 spiro atoms. The molecule has 0 unspecified atom stereocenters. The van der Waals surface area contributed by atoms with E-state index in [2.05, 4.69) is 19.7 Å². The monoisotopic (exact) mass is 679 g/mol. The number of hydrogen-bond donors (Lipinski definition) is 5. The molecule has 2 aromatic rings. The van der Waals surface area contributed by atoms with E-state index in [1.54, 1.807) is 36.9 Å². The van der Waals surface area contributed by atoms with Crippen molar-refractivity contribution in [3.8, 4) is 5.75 Å². The van der Waals surface area contributed by atoms with Crippen molar-refractivity contribution in [2.24, 2.45) is 11.8 Å². The zero-order valence-electron chi connectivity index (χ0n) is 27.3. The van der Waals surface area contributed by atoms with Crippen LogP contribution in [-0.2, 0) is 19.4 Å². The molecule has 5 N–H and O–H groups in total. The van der Waals surface area contributed by atoms with Crippen LogP contribution in [0.5, 0.6) is 5.75 Å². The normalized spacial score (nSPS) is 21.6. The summed E-state index contributed by atoms with van der Waals surface area (Å²) in [7, 11) is -3.29. The van der Waals surface area contributed by atoms with Gasteiger partial charge in [-0.05, 0) is 76.6 Å². The van der Waals surface area contributed by atoms with E-state index < -0.39 is 22.5 Å². The van der Waals surface area contributed by atoms with Crippen LogP contribution >= 0.6 is 11.8 Å². The standard InChI is InChI=1S/C32H45N3O4S.CH4O4S/c1-21-25(15-10-16-28(21)36)30(38)33-26(20-40-24-13-6-5-7-14-24)29(37)19-35-18-23-12-9-8-11-22(23)17-27(35)31(39)34-32(2,3)4;1-5-6(2,3)4/h5-7,10,13-16,22-23,26-27,29,36-37H,8-9,11-12,17-20H2,1-4H3,(H,33,38)(H,34,39);1H3,(H,2,3,4)/t22-,23+,26-,27-,29+;/m0./s1. The first-order chi connectivity index (χ1) is 21.6. The van der Waals surface area contributed by atoms with Crippen LogP contribution in [0.25, 0.3) is 0 Å². The molecule has 2 fully saturated rings. The van der Waals surface area contributed by atoms with Crippen molar-refractivity contribution >= 4 is 34.0 Å². The minimum Gasteiger partial charge on any atom is -0.508 e. The van der Waals surface area contributed by atoms with Gasteiger partial charge < -0.3 is 20.8 Å². The van der Waals surface area contributed by atoms with Gasteiger partial charge in [0.05, 0.1) is 25.3 Å². The number of aromatic hydroxyl groups is 1. The van der Waals surface area contributed by atoms with Gasteiger partial charge in [-0.3, -0.25) is 23.2 Å². The molecular weight excluding hydrogens is 631 g/mol. The fourth-order valence-electron chi connectivity index (χ4n) is 6.06. The highest BCUT2D eigenvalue weighted by Gasteiger charge is 2.41. The molecule has 1 heterocycles. The Morgan fingerprint density at radius 1 is 1.07 bits per heavy atom. The molecule has 2 aromatic carbocycles. The van der Waals surface area contributed by atoms with E-state index in [4.69, 9.17) is 4.55 Å². The smallest absolute Gasteiger partial charge is 0.397 e. The molecule has 256 valence electrons. The summed E-state index contributed by atoms with van der Waals surface area (Å²) in [5.41, 5.74) is 0.543. The Labute approximate surface area is 277 Å². The highest BCUT2D eigenvalue weighted by Crippen LogP contribution is 2.39. The Kier molecular flexibility index (Phi) is 13.9. The fraction of sp³-hybridized carbons (Fsp3) is 0.576. The number of nitrogens with one attached hydrogen (secondary N) is 2. The molecule has 2 aliphatic rings. The molecule has 11 nitrogen and oxygen atoms in total. The van der Waals surface area contributed by atoms with Crippen molar-refractivity contribution in [3.63, 3.8) is 0 Å². The number of amides is 2. The van der Waals surface area contributed by atoms with Gasteiger partial charge in [0.1, 0.15) is 5.75 Å². The number of phenolic OH excluding ortho intramolecular Hbond substituents is 1. The number of phenols is 1. The van der Waals surface area contributed by atoms with E-state index in [0.717, 1.165) is 37.8 Å². The number of β-amino-alcohol motifs (C(OH)–C–C–N with tert-alkyl or cyclic N) is 1. The summed E-state index contributed by atoms with van der Waals surface area (Å²) >= 11 is 1.57. The second-order valence-corrected chi connectivity index (χ2v) is 15.3. The van der Waals surface area contributed by atoms with Crippen molar-refractivity contribution in [3.05, 3.63) is 59.7 Å². The molecule has 13 heteroatoms. The number of rotatable bonds is 10. The number of fused-ring (bicyclic) bond motifs is 1. The fourth-order valence-corrected chi connectivity index (χ4v) is 7.09. The van der Waals surface area contributed by atoms with E-state index in [1.807, 2.05) is 51.1 Å². The third-order valence-electron chi connectivity index (χ3n) is 8.44. The van der Waals surface area contributed by atoms with Crippen LogP contribution < -0.4 is 10.6 Å². The van der Waals surface area contributed by atoms with Crippen LogP contribution in [0.3, 0.4) is 0 Å². The minimum atomic E-state index is -4.16. The average molecular weight is 680 g/mol. The Morgan fingerprint density at radius 3 is 2.30 bits per heavy atom. The number of piperidine rings is 1. The van der Waals surface area contributed by atoms with Gasteiger partial charge in [0.15, 0.2) is 0 Å². The number of aliphatic hydroxyl groups excluding tert-OH is 1. The van der Waals surface area contributed by atoms with Crippen molar-refractivity contribution < 1.29 is 37.0 Å². The van der Waals surface area contributed by atoms with Gasteiger partial charge in [-0.2, -0.15) is 8.42 Å². The molecule has 1 aliphatic carbocycles. The van der Waals surface area contributed by atoms with Gasteiger partial charge in [0, 0.05) is 40.4 Å². The molecule has 2 amide bonds. The first-order valence-electron chi connectivity index (χ1n) is 15.6. The number of benzene rings is 2. The molecule has 1 saturated carbocycles. The summed E-state index contributed by atoms with van der Waals surface area (Å²) in [6, 6.07) is 13.9. The summed E-state index contributed by atoms with van der Waals surface area (Å²) in [4.78, 5) is 30.0. The number of carbonyl (C=O) groups is 2. The van der Waals surface area contributed by atoms with Crippen LogP contribution in [0.4, 0.5) is 0 Å². The number of thioether (sulfide) groups is 1. The maximum atomic E-state index is 13.5. The van der Waals surface area contributed by atoms with Gasteiger partial charge in [-0.15, -0.1) is 11.8 Å². The lowest BCUT2D eigenvalue weighted by Gasteiger charge is -2.47. The summed E-state index contributed by atoms with van der Waals surface area (Å²) in [5.74, 6) is 1.27. The molecule has 46 heavy (non-hydrogen) atoms. The van der Waals surface area contributed by atoms with Crippen molar-refractivity contribution in [1.82, 2.24) is 15.5 Å². The number of likely N-dealkylation sites (tertiary alicyclic amines) is 1. The number of nitrogens with zero attached hydrogens (tertiary/aromatic N) is 1. The molecule has 4 rings (SSSR count). The van der Waals surface area contributed by atoms with Crippen molar-refractivity contribution in [1.29, 1.82) is 0 Å². The van der Waals surface area contributed by atoms with Crippen LogP contribution in [-0.4, -0.2) is 89.6 Å². The van der Waals surface area contributed by atoms with Crippen LogP contribution in [0.15, 0.2) is 53.4 Å². The van der Waals surface area contributed by atoms with Gasteiger partial charge in [-0.25, -0.2) is 0 Å².